The van der Waals surface area contributed by atoms with E-state index in [1.165, 1.54) is 12.1 Å². The van der Waals surface area contributed by atoms with E-state index in [0.29, 0.717) is 48.2 Å². The lowest BCUT2D eigenvalue weighted by atomic mass is 9.91. The molecule has 0 aliphatic heterocycles. The molecule has 5 aromatic rings. The van der Waals surface area contributed by atoms with Gasteiger partial charge in [-0.3, -0.25) is 10.1 Å². The van der Waals surface area contributed by atoms with Crippen LogP contribution in [-0.4, -0.2) is 31.4 Å². The summed E-state index contributed by atoms with van der Waals surface area (Å²) in [7, 11) is 5.02. The number of phenolic OH excluding ortho intramolecular Hbond substituents is 1. The van der Waals surface area contributed by atoms with Crippen molar-refractivity contribution in [2.75, 3.05) is 21.3 Å². The number of fused-ring (bicyclic) bond motifs is 8. The predicted octanol–water partition coefficient (Wildman–Crippen LogP) is 8.42. The number of ether oxygens (including phenoxy) is 3. The molecule has 0 fully saturated rings. The zero-order valence-corrected chi connectivity index (χ0v) is 25.8. The van der Waals surface area contributed by atoms with Crippen molar-refractivity contribution in [1.29, 1.82) is 0 Å². The normalized spacial score (nSPS) is 12.5. The number of hydrogen-bond donors (Lipinski definition) is 1. The molecule has 0 aromatic heterocycles. The second-order valence-electron chi connectivity index (χ2n) is 11.1. The number of para-hydroxylation sites is 3. The van der Waals surface area contributed by atoms with Crippen LogP contribution in [0.15, 0.2) is 101 Å². The fourth-order valence-electron chi connectivity index (χ4n) is 6.18. The lowest BCUT2D eigenvalue weighted by Crippen LogP contribution is -2.05. The Hall–Kier alpha value is -5.70. The third-order valence-electron chi connectivity index (χ3n) is 8.26. The van der Waals surface area contributed by atoms with Crippen LogP contribution in [0.4, 0.5) is 17.1 Å². The van der Waals surface area contributed by atoms with Crippen molar-refractivity contribution in [1.82, 2.24) is 0 Å². The molecule has 232 valence electrons. The Morgan fingerprint density at radius 1 is 0.565 bits per heavy atom. The molecule has 9 heteroatoms. The van der Waals surface area contributed by atoms with E-state index >= 15 is 0 Å². The number of nitrogens with zero attached hydrogens (tertiary/aromatic N) is 3. The van der Waals surface area contributed by atoms with Crippen LogP contribution in [0.25, 0.3) is 0 Å². The average Bonchev–Trinajstić information content (AvgIpc) is 3.06. The van der Waals surface area contributed by atoms with Crippen molar-refractivity contribution in [2.45, 2.75) is 25.7 Å². The van der Waals surface area contributed by atoms with Crippen LogP contribution in [0.2, 0.25) is 0 Å². The van der Waals surface area contributed by atoms with Crippen LogP contribution in [0.3, 0.4) is 0 Å². The van der Waals surface area contributed by atoms with Gasteiger partial charge in [0.25, 0.3) is 5.69 Å². The maximum absolute atomic E-state index is 11.7. The van der Waals surface area contributed by atoms with Gasteiger partial charge in [-0.25, -0.2) is 0 Å². The molecule has 0 spiro atoms. The Kier molecular flexibility index (Phi) is 8.65. The summed E-state index contributed by atoms with van der Waals surface area (Å²) in [5.74, 6) is 2.48. The summed E-state index contributed by atoms with van der Waals surface area (Å²) in [6.07, 6.45) is 1.94. The molecule has 5 aromatic carbocycles. The molecule has 1 aliphatic rings. The van der Waals surface area contributed by atoms with Crippen molar-refractivity contribution >= 4 is 17.1 Å². The van der Waals surface area contributed by atoms with Gasteiger partial charge in [0.1, 0.15) is 23.0 Å². The number of methoxy groups -OCH3 is 3. The van der Waals surface area contributed by atoms with Crippen LogP contribution in [-0.2, 0) is 25.7 Å². The quantitative estimate of drug-likeness (QED) is 0.114. The van der Waals surface area contributed by atoms with Gasteiger partial charge in [-0.2, -0.15) is 10.2 Å². The molecule has 0 atom stereocenters. The summed E-state index contributed by atoms with van der Waals surface area (Å²) in [5, 5.41) is 31.6. The number of azo groups is 1. The zero-order valence-electron chi connectivity index (χ0n) is 25.8. The van der Waals surface area contributed by atoms with Crippen LogP contribution in [0.5, 0.6) is 23.0 Å². The molecular weight excluding hydrogens is 582 g/mol. The molecule has 0 saturated carbocycles. The molecule has 46 heavy (non-hydrogen) atoms. The van der Waals surface area contributed by atoms with Crippen molar-refractivity contribution in [3.63, 3.8) is 0 Å². The molecule has 0 saturated heterocycles. The standard InChI is InChI=1S/C37H33N3O6/c1-44-35-23-7-4-8-24(35)18-26-10-6-12-28(37(26)46-3)20-30-22-32(39-38-31-13-15-33(16-14-31)40(42)43)21-29(34(30)41)19-27-11-5-9-25(17-23)36(27)45-2/h4-16,21-22,41H,17-20H2,1-3H3. The first-order valence-corrected chi connectivity index (χ1v) is 14.8. The maximum atomic E-state index is 11.7. The van der Waals surface area contributed by atoms with Gasteiger partial charge in [-0.1, -0.05) is 54.6 Å². The number of rotatable bonds is 6. The van der Waals surface area contributed by atoms with Crippen molar-refractivity contribution in [3.8, 4) is 23.0 Å². The highest BCUT2D eigenvalue weighted by Crippen LogP contribution is 2.39. The maximum Gasteiger partial charge on any atom is 0.269 e. The summed E-state index contributed by atoms with van der Waals surface area (Å²) in [4.78, 5) is 10.6. The summed E-state index contributed by atoms with van der Waals surface area (Å²) in [6.45, 7) is 0. The Balaban J connectivity index is 1.52. The zero-order chi connectivity index (χ0) is 32.2. The van der Waals surface area contributed by atoms with Crippen molar-refractivity contribution in [3.05, 3.63) is 146 Å². The van der Waals surface area contributed by atoms with E-state index in [2.05, 4.69) is 28.4 Å². The highest BCUT2D eigenvalue weighted by Gasteiger charge is 2.21. The van der Waals surface area contributed by atoms with E-state index < -0.39 is 4.92 Å². The molecule has 0 unspecified atom stereocenters. The minimum Gasteiger partial charge on any atom is -0.507 e. The monoisotopic (exact) mass is 615 g/mol. The van der Waals surface area contributed by atoms with Crippen molar-refractivity contribution < 1.29 is 24.2 Å². The first kappa shape index (κ1) is 30.3. The third kappa shape index (κ3) is 6.12. The van der Waals surface area contributed by atoms with Gasteiger partial charge >= 0.3 is 0 Å². The Morgan fingerprint density at radius 3 is 1.26 bits per heavy atom. The van der Waals surface area contributed by atoms with E-state index in [0.717, 1.165) is 50.6 Å². The van der Waals surface area contributed by atoms with Crippen LogP contribution < -0.4 is 14.2 Å². The first-order valence-electron chi connectivity index (χ1n) is 14.8. The summed E-state index contributed by atoms with van der Waals surface area (Å²) in [5.41, 5.74) is 8.19. The Bertz CT molecular complexity index is 1850. The van der Waals surface area contributed by atoms with Crippen molar-refractivity contribution in [2.24, 2.45) is 10.2 Å². The summed E-state index contributed by atoms with van der Waals surface area (Å²) < 4.78 is 17.9. The fraction of sp³-hybridized carbons (Fsp3) is 0.189. The van der Waals surface area contributed by atoms with Gasteiger partial charge in [-0.15, -0.1) is 0 Å². The highest BCUT2D eigenvalue weighted by molar-refractivity contribution is 5.59. The lowest BCUT2D eigenvalue weighted by Gasteiger charge is -2.20. The lowest BCUT2D eigenvalue weighted by molar-refractivity contribution is -0.384. The van der Waals surface area contributed by atoms with E-state index in [1.54, 1.807) is 33.5 Å². The van der Waals surface area contributed by atoms with E-state index in [4.69, 9.17) is 14.2 Å². The minimum absolute atomic E-state index is 0.0224. The smallest absolute Gasteiger partial charge is 0.269 e. The number of non-ortho nitro benzene ring substituents is 1. The van der Waals surface area contributed by atoms with E-state index in [9.17, 15) is 15.2 Å². The van der Waals surface area contributed by atoms with Gasteiger partial charge in [-0.05, 0) is 57.6 Å². The number of phenols is 1. The average molecular weight is 616 g/mol. The van der Waals surface area contributed by atoms with Gasteiger partial charge in [0.2, 0.25) is 0 Å². The summed E-state index contributed by atoms with van der Waals surface area (Å²) >= 11 is 0. The van der Waals surface area contributed by atoms with E-state index in [1.807, 2.05) is 48.5 Å². The minimum atomic E-state index is -0.456. The highest BCUT2D eigenvalue weighted by atomic mass is 16.6. The second-order valence-corrected chi connectivity index (χ2v) is 11.1. The largest absolute Gasteiger partial charge is 0.507 e. The van der Waals surface area contributed by atoms with Crippen LogP contribution >= 0.6 is 0 Å². The molecule has 8 bridgehead atoms. The Labute approximate surface area is 266 Å². The van der Waals surface area contributed by atoms with Gasteiger partial charge in [0.05, 0.1) is 37.6 Å². The molecule has 1 aliphatic carbocycles. The number of nitro groups is 1. The third-order valence-corrected chi connectivity index (χ3v) is 8.26. The second kappa shape index (κ2) is 13.1. The molecule has 0 radical (unpaired) electrons. The fourth-order valence-corrected chi connectivity index (χ4v) is 6.18. The summed E-state index contributed by atoms with van der Waals surface area (Å²) in [6, 6.07) is 27.8. The predicted molar refractivity (Wildman–Crippen MR) is 176 cm³/mol. The molecule has 6 rings (SSSR count). The molecule has 1 N–H and O–H groups in total. The first-order chi connectivity index (χ1) is 22.4. The van der Waals surface area contributed by atoms with E-state index in [-0.39, 0.29) is 11.4 Å². The molecule has 0 amide bonds. The van der Waals surface area contributed by atoms with Gasteiger partial charge in [0.15, 0.2) is 0 Å². The number of hydrogen-bond acceptors (Lipinski definition) is 8. The number of nitro benzene ring substituents is 1. The Morgan fingerprint density at radius 2 is 0.913 bits per heavy atom. The molecule has 9 nitrogen and oxygen atoms in total. The topological polar surface area (TPSA) is 116 Å². The van der Waals surface area contributed by atoms with Gasteiger partial charge in [0, 0.05) is 48.9 Å². The van der Waals surface area contributed by atoms with Crippen LogP contribution in [0, 0.1) is 10.1 Å². The number of benzene rings is 5. The van der Waals surface area contributed by atoms with Gasteiger partial charge < -0.3 is 19.3 Å². The molecular formula is C37H33N3O6. The molecule has 0 heterocycles. The van der Waals surface area contributed by atoms with Crippen LogP contribution in [0.1, 0.15) is 44.5 Å². The SMILES string of the molecule is COc1c2cccc1Cc1cccc(c1OC)Cc1cccc(c1OC)Cc1cc(N=Nc3ccc([N+](=O)[O-])cc3)cc(c1O)C2. The number of aromatic hydroxyl groups is 1.